The highest BCUT2D eigenvalue weighted by Crippen LogP contribution is 2.51. The first kappa shape index (κ1) is 9.20. The first-order chi connectivity index (χ1) is 7.33. The van der Waals surface area contributed by atoms with Gasteiger partial charge in [-0.1, -0.05) is 37.5 Å². The quantitative estimate of drug-likeness (QED) is 0.567. The van der Waals surface area contributed by atoms with Crippen molar-refractivity contribution in [1.29, 1.82) is 0 Å². The van der Waals surface area contributed by atoms with E-state index in [1.54, 1.807) is 0 Å². The van der Waals surface area contributed by atoms with Gasteiger partial charge in [0.1, 0.15) is 6.10 Å². The number of esters is 1. The Hall–Kier alpha value is -1.05. The van der Waals surface area contributed by atoms with Gasteiger partial charge in [0.05, 0.1) is 5.41 Å². The number of carbonyl (C=O) groups is 1. The molecule has 0 aromatic rings. The minimum atomic E-state index is -0.176. The number of rotatable bonds is 0. The van der Waals surface area contributed by atoms with E-state index < -0.39 is 0 Å². The molecule has 0 aromatic carbocycles. The average Bonchev–Trinajstić information content (AvgIpc) is 2.55. The van der Waals surface area contributed by atoms with Gasteiger partial charge in [-0.25, -0.2) is 0 Å². The summed E-state index contributed by atoms with van der Waals surface area (Å²) in [6.07, 6.45) is 13.9. The molecule has 3 aliphatic rings. The molecule has 0 amide bonds. The Kier molecular flexibility index (Phi) is 1.98. The highest BCUT2D eigenvalue weighted by Gasteiger charge is 2.55. The van der Waals surface area contributed by atoms with E-state index in [1.807, 2.05) is 12.2 Å². The molecule has 80 valence electrons. The zero-order valence-corrected chi connectivity index (χ0v) is 8.82. The van der Waals surface area contributed by atoms with E-state index in [0.717, 1.165) is 12.8 Å². The van der Waals surface area contributed by atoms with Gasteiger partial charge in [-0.2, -0.15) is 0 Å². The van der Waals surface area contributed by atoms with Crippen molar-refractivity contribution in [2.24, 2.45) is 11.3 Å². The molecule has 2 atom stereocenters. The molecule has 1 spiro atoms. The second kappa shape index (κ2) is 3.22. The van der Waals surface area contributed by atoms with Gasteiger partial charge < -0.3 is 4.74 Å². The molecule has 15 heavy (non-hydrogen) atoms. The van der Waals surface area contributed by atoms with Gasteiger partial charge >= 0.3 is 5.97 Å². The van der Waals surface area contributed by atoms with Crippen LogP contribution in [0.2, 0.25) is 0 Å². The number of carbonyl (C=O) groups excluding carboxylic acids is 1. The molecule has 0 unspecified atom stereocenters. The summed E-state index contributed by atoms with van der Waals surface area (Å²) >= 11 is 0. The van der Waals surface area contributed by atoms with Crippen LogP contribution in [0.15, 0.2) is 24.3 Å². The van der Waals surface area contributed by atoms with E-state index in [1.165, 1.54) is 19.3 Å². The van der Waals surface area contributed by atoms with Gasteiger partial charge in [0.25, 0.3) is 0 Å². The van der Waals surface area contributed by atoms with Gasteiger partial charge in [0.2, 0.25) is 0 Å². The first-order valence-electron chi connectivity index (χ1n) is 5.89. The zero-order valence-electron chi connectivity index (χ0n) is 8.82. The smallest absolute Gasteiger partial charge is 0.313 e. The van der Waals surface area contributed by atoms with Gasteiger partial charge in [-0.3, -0.25) is 4.79 Å². The predicted molar refractivity (Wildman–Crippen MR) is 57.2 cm³/mol. The van der Waals surface area contributed by atoms with Crippen LogP contribution >= 0.6 is 0 Å². The van der Waals surface area contributed by atoms with Crippen molar-refractivity contribution < 1.29 is 9.53 Å². The van der Waals surface area contributed by atoms with E-state index in [-0.39, 0.29) is 17.5 Å². The molecular formula is C13H16O2. The monoisotopic (exact) mass is 204 g/mol. The SMILES string of the molecule is O=C1O[C@H]2C=CC=C[C@H]2C12CCCCC2. The summed E-state index contributed by atoms with van der Waals surface area (Å²) in [4.78, 5) is 12.0. The molecule has 1 heterocycles. The molecule has 1 saturated carbocycles. The van der Waals surface area contributed by atoms with Gasteiger partial charge in [0, 0.05) is 5.92 Å². The molecule has 2 aliphatic carbocycles. The molecule has 1 saturated heterocycles. The molecule has 2 heteroatoms. The van der Waals surface area contributed by atoms with Crippen molar-refractivity contribution in [3.63, 3.8) is 0 Å². The summed E-state index contributed by atoms with van der Waals surface area (Å²) in [5.41, 5.74) is -0.176. The number of hydrogen-bond acceptors (Lipinski definition) is 2. The van der Waals surface area contributed by atoms with Crippen LogP contribution in [0.1, 0.15) is 32.1 Å². The Labute approximate surface area is 90.0 Å². The molecule has 0 bridgehead atoms. The lowest BCUT2D eigenvalue weighted by atomic mass is 9.65. The third-order valence-electron chi connectivity index (χ3n) is 4.12. The second-order valence-electron chi connectivity index (χ2n) is 4.88. The summed E-state index contributed by atoms with van der Waals surface area (Å²) in [7, 11) is 0. The minimum absolute atomic E-state index is 0.0144. The lowest BCUT2D eigenvalue weighted by Gasteiger charge is -2.34. The molecule has 0 N–H and O–H groups in total. The van der Waals surface area contributed by atoms with E-state index in [9.17, 15) is 4.79 Å². The Morgan fingerprint density at radius 3 is 2.67 bits per heavy atom. The maximum atomic E-state index is 12.0. The summed E-state index contributed by atoms with van der Waals surface area (Å²) in [5, 5.41) is 0. The fraction of sp³-hybridized carbons (Fsp3) is 0.615. The van der Waals surface area contributed by atoms with Crippen LogP contribution in [0.5, 0.6) is 0 Å². The summed E-state index contributed by atoms with van der Waals surface area (Å²) in [5.74, 6) is 0.351. The second-order valence-corrected chi connectivity index (χ2v) is 4.88. The lowest BCUT2D eigenvalue weighted by molar-refractivity contribution is -0.149. The molecular weight excluding hydrogens is 188 g/mol. The number of allylic oxidation sites excluding steroid dienone is 2. The Morgan fingerprint density at radius 1 is 1.13 bits per heavy atom. The van der Waals surface area contributed by atoms with Crippen molar-refractivity contribution in [1.82, 2.24) is 0 Å². The highest BCUT2D eigenvalue weighted by atomic mass is 16.6. The fourth-order valence-corrected chi connectivity index (χ4v) is 3.30. The van der Waals surface area contributed by atoms with E-state index in [4.69, 9.17) is 4.74 Å². The first-order valence-corrected chi connectivity index (χ1v) is 5.89. The standard InChI is InChI=1S/C13H16O2/c14-12-13(8-4-1-5-9-13)10-6-2-3-7-11(10)15-12/h2-3,6-7,10-11H,1,4-5,8-9H2/t10-,11+/m1/s1. The maximum Gasteiger partial charge on any atom is 0.313 e. The van der Waals surface area contributed by atoms with Crippen molar-refractivity contribution in [3.05, 3.63) is 24.3 Å². The Bertz CT molecular complexity index is 334. The number of fused-ring (bicyclic) bond motifs is 2. The van der Waals surface area contributed by atoms with Crippen molar-refractivity contribution in [2.45, 2.75) is 38.2 Å². The summed E-state index contributed by atoms with van der Waals surface area (Å²) < 4.78 is 5.48. The number of hydrogen-bond donors (Lipinski definition) is 0. The molecule has 2 fully saturated rings. The van der Waals surface area contributed by atoms with E-state index in [2.05, 4.69) is 12.2 Å². The Morgan fingerprint density at radius 2 is 1.87 bits per heavy atom. The summed E-state index contributed by atoms with van der Waals surface area (Å²) in [6.45, 7) is 0. The molecule has 0 radical (unpaired) electrons. The van der Waals surface area contributed by atoms with Crippen molar-refractivity contribution >= 4 is 5.97 Å². The van der Waals surface area contributed by atoms with E-state index >= 15 is 0 Å². The largest absolute Gasteiger partial charge is 0.457 e. The van der Waals surface area contributed by atoms with Gasteiger partial charge in [-0.05, 0) is 18.9 Å². The van der Waals surface area contributed by atoms with Gasteiger partial charge in [0.15, 0.2) is 0 Å². The molecule has 2 nitrogen and oxygen atoms in total. The summed E-state index contributed by atoms with van der Waals surface area (Å²) in [6, 6.07) is 0. The fourth-order valence-electron chi connectivity index (χ4n) is 3.30. The van der Waals surface area contributed by atoms with Crippen LogP contribution in [-0.2, 0) is 9.53 Å². The lowest BCUT2D eigenvalue weighted by Crippen LogP contribution is -2.36. The zero-order chi connectivity index (χ0) is 10.3. The van der Waals surface area contributed by atoms with Crippen LogP contribution in [0.25, 0.3) is 0 Å². The van der Waals surface area contributed by atoms with Crippen LogP contribution in [0.3, 0.4) is 0 Å². The average molecular weight is 204 g/mol. The molecule has 1 aliphatic heterocycles. The molecule has 0 aromatic heterocycles. The van der Waals surface area contributed by atoms with Crippen LogP contribution < -0.4 is 0 Å². The van der Waals surface area contributed by atoms with Crippen molar-refractivity contribution in [3.8, 4) is 0 Å². The van der Waals surface area contributed by atoms with Gasteiger partial charge in [-0.15, -0.1) is 0 Å². The minimum Gasteiger partial charge on any atom is -0.457 e. The van der Waals surface area contributed by atoms with Crippen LogP contribution in [0.4, 0.5) is 0 Å². The molecule has 3 rings (SSSR count). The normalized spacial score (nSPS) is 36.7. The number of ether oxygens (including phenoxy) is 1. The van der Waals surface area contributed by atoms with E-state index in [0.29, 0.717) is 5.92 Å². The highest BCUT2D eigenvalue weighted by molar-refractivity contribution is 5.81. The third-order valence-corrected chi connectivity index (χ3v) is 4.12. The van der Waals surface area contributed by atoms with Crippen LogP contribution in [0, 0.1) is 11.3 Å². The maximum absolute atomic E-state index is 12.0. The topological polar surface area (TPSA) is 26.3 Å². The van der Waals surface area contributed by atoms with Crippen LogP contribution in [-0.4, -0.2) is 12.1 Å². The third kappa shape index (κ3) is 1.20. The Balaban J connectivity index is 1.96. The predicted octanol–water partition coefficient (Wildman–Crippen LogP) is 2.60. The van der Waals surface area contributed by atoms with Crippen molar-refractivity contribution in [2.75, 3.05) is 0 Å².